The first kappa shape index (κ1) is 16.6. The molecule has 0 bridgehead atoms. The van der Waals surface area contributed by atoms with Crippen LogP contribution in [0.3, 0.4) is 0 Å². The first-order valence-corrected chi connectivity index (χ1v) is 8.68. The highest BCUT2D eigenvalue weighted by Crippen LogP contribution is 2.27. The molecule has 0 aromatic carbocycles. The van der Waals surface area contributed by atoms with Crippen LogP contribution in [0, 0.1) is 6.92 Å². The molecule has 3 aromatic heterocycles. The monoisotopic (exact) mass is 351 g/mol. The minimum absolute atomic E-state index is 0.0675. The van der Waals surface area contributed by atoms with Gasteiger partial charge in [-0.1, -0.05) is 0 Å². The lowest BCUT2D eigenvalue weighted by molar-refractivity contribution is 0.177. The molecule has 1 atom stereocenters. The fourth-order valence-corrected chi connectivity index (χ4v) is 3.17. The van der Waals surface area contributed by atoms with Gasteiger partial charge in [0, 0.05) is 43.4 Å². The Kier molecular flexibility index (Phi) is 4.57. The van der Waals surface area contributed by atoms with E-state index in [4.69, 9.17) is 4.74 Å². The molecule has 8 heteroatoms. The average Bonchev–Trinajstić information content (AvgIpc) is 3.06. The highest BCUT2D eigenvalue weighted by atomic mass is 16.5. The van der Waals surface area contributed by atoms with Crippen molar-refractivity contribution in [2.24, 2.45) is 0 Å². The van der Waals surface area contributed by atoms with Crippen molar-refractivity contribution in [3.8, 4) is 11.4 Å². The predicted molar refractivity (Wildman–Crippen MR) is 96.3 cm³/mol. The fourth-order valence-electron chi connectivity index (χ4n) is 3.17. The van der Waals surface area contributed by atoms with Crippen molar-refractivity contribution < 1.29 is 4.74 Å². The molecule has 1 unspecified atom stereocenters. The molecule has 8 nitrogen and oxygen atoms in total. The predicted octanol–water partition coefficient (Wildman–Crippen LogP) is 2.53. The lowest BCUT2D eigenvalue weighted by Gasteiger charge is -2.23. The molecular weight excluding hydrogens is 330 g/mol. The number of nitrogens with zero attached hydrogens (tertiary/aromatic N) is 6. The highest BCUT2D eigenvalue weighted by Gasteiger charge is 2.24. The number of nitrogens with one attached hydrogen (secondary N) is 1. The molecule has 1 aliphatic rings. The topological polar surface area (TPSA) is 90.6 Å². The SMILES string of the molecule is COCc1nc2n(n1)CCCC2Nc1cc(C)nc(-c2cccnc2)n1. The second-order valence-electron chi connectivity index (χ2n) is 6.34. The molecule has 0 saturated heterocycles. The van der Waals surface area contributed by atoms with E-state index >= 15 is 0 Å². The van der Waals surface area contributed by atoms with Gasteiger partial charge in [-0.25, -0.2) is 19.6 Å². The number of fused-ring (bicyclic) bond motifs is 1. The summed E-state index contributed by atoms with van der Waals surface area (Å²) in [6.45, 7) is 3.27. The average molecular weight is 351 g/mol. The smallest absolute Gasteiger partial charge is 0.176 e. The molecule has 26 heavy (non-hydrogen) atoms. The maximum absolute atomic E-state index is 5.15. The van der Waals surface area contributed by atoms with Crippen molar-refractivity contribution in [3.05, 3.63) is 47.9 Å². The lowest BCUT2D eigenvalue weighted by atomic mass is 10.1. The van der Waals surface area contributed by atoms with Crippen LogP contribution in [-0.4, -0.2) is 36.8 Å². The van der Waals surface area contributed by atoms with E-state index in [2.05, 4.69) is 30.4 Å². The van der Waals surface area contributed by atoms with Gasteiger partial charge in [0.25, 0.3) is 0 Å². The maximum atomic E-state index is 5.15. The van der Waals surface area contributed by atoms with Gasteiger partial charge in [-0.05, 0) is 31.9 Å². The van der Waals surface area contributed by atoms with Crippen molar-refractivity contribution in [1.29, 1.82) is 0 Å². The summed E-state index contributed by atoms with van der Waals surface area (Å²) in [5.41, 5.74) is 1.80. The summed E-state index contributed by atoms with van der Waals surface area (Å²) in [7, 11) is 1.65. The highest BCUT2D eigenvalue weighted by molar-refractivity contribution is 5.56. The van der Waals surface area contributed by atoms with Gasteiger partial charge in [0.1, 0.15) is 18.2 Å². The number of pyridine rings is 1. The summed E-state index contributed by atoms with van der Waals surface area (Å²) >= 11 is 0. The van der Waals surface area contributed by atoms with Gasteiger partial charge in [0.05, 0.1) is 6.04 Å². The van der Waals surface area contributed by atoms with E-state index in [0.717, 1.165) is 42.3 Å². The number of ether oxygens (including phenoxy) is 1. The van der Waals surface area contributed by atoms with Crippen LogP contribution in [0.15, 0.2) is 30.6 Å². The van der Waals surface area contributed by atoms with E-state index in [1.54, 1.807) is 19.5 Å². The van der Waals surface area contributed by atoms with Gasteiger partial charge in [0.2, 0.25) is 0 Å². The molecule has 3 aromatic rings. The first-order valence-electron chi connectivity index (χ1n) is 8.68. The number of hydrogen-bond acceptors (Lipinski definition) is 7. The Balaban J connectivity index is 1.61. The van der Waals surface area contributed by atoms with Crippen molar-refractivity contribution in [3.63, 3.8) is 0 Å². The standard InChI is InChI=1S/C18H21N7O/c1-12-9-15(22-17(20-12)13-5-3-7-19-10-13)21-14-6-4-8-25-18(14)23-16(24-25)11-26-2/h3,5,7,9-10,14H,4,6,8,11H2,1-2H3,(H,20,21,22). The second kappa shape index (κ2) is 7.17. The van der Waals surface area contributed by atoms with Gasteiger partial charge in [-0.3, -0.25) is 4.98 Å². The van der Waals surface area contributed by atoms with E-state index in [9.17, 15) is 0 Å². The number of methoxy groups -OCH3 is 1. The van der Waals surface area contributed by atoms with Crippen LogP contribution in [0.5, 0.6) is 0 Å². The Labute approximate surface area is 151 Å². The van der Waals surface area contributed by atoms with Gasteiger partial charge >= 0.3 is 0 Å². The van der Waals surface area contributed by atoms with Crippen LogP contribution in [0.1, 0.15) is 36.2 Å². The van der Waals surface area contributed by atoms with Gasteiger partial charge in [0.15, 0.2) is 11.6 Å². The summed E-state index contributed by atoms with van der Waals surface area (Å²) in [5, 5.41) is 8.02. The minimum atomic E-state index is 0.0675. The molecule has 134 valence electrons. The van der Waals surface area contributed by atoms with Crippen molar-refractivity contribution >= 4 is 5.82 Å². The van der Waals surface area contributed by atoms with Crippen molar-refractivity contribution in [2.45, 2.75) is 39.0 Å². The Morgan fingerprint density at radius 1 is 1.31 bits per heavy atom. The Hall–Kier alpha value is -2.87. The quantitative estimate of drug-likeness (QED) is 0.755. The lowest BCUT2D eigenvalue weighted by Crippen LogP contribution is -2.23. The molecule has 1 N–H and O–H groups in total. The van der Waals surface area contributed by atoms with Crippen molar-refractivity contribution in [2.75, 3.05) is 12.4 Å². The molecule has 0 radical (unpaired) electrons. The third-order valence-corrected chi connectivity index (χ3v) is 4.29. The molecule has 0 aliphatic carbocycles. The van der Waals surface area contributed by atoms with Crippen molar-refractivity contribution in [1.82, 2.24) is 29.7 Å². The van der Waals surface area contributed by atoms with Crippen LogP contribution >= 0.6 is 0 Å². The third kappa shape index (κ3) is 3.41. The van der Waals surface area contributed by atoms with E-state index in [-0.39, 0.29) is 6.04 Å². The molecule has 4 rings (SSSR count). The molecule has 0 amide bonds. The Morgan fingerprint density at radius 2 is 2.23 bits per heavy atom. The van der Waals surface area contributed by atoms with Crippen LogP contribution in [0.4, 0.5) is 5.82 Å². The number of anilines is 1. The van der Waals surface area contributed by atoms with Crippen LogP contribution in [0.2, 0.25) is 0 Å². The van der Waals surface area contributed by atoms with E-state index < -0.39 is 0 Å². The normalized spacial score (nSPS) is 16.3. The Morgan fingerprint density at radius 3 is 3.04 bits per heavy atom. The summed E-state index contributed by atoms with van der Waals surface area (Å²) in [5.74, 6) is 3.10. The van der Waals surface area contributed by atoms with Crippen LogP contribution in [-0.2, 0) is 17.9 Å². The number of rotatable bonds is 5. The second-order valence-corrected chi connectivity index (χ2v) is 6.34. The molecule has 0 spiro atoms. The third-order valence-electron chi connectivity index (χ3n) is 4.29. The number of aromatic nitrogens is 6. The zero-order chi connectivity index (χ0) is 17.9. The minimum Gasteiger partial charge on any atom is -0.377 e. The molecule has 1 aliphatic heterocycles. The van der Waals surface area contributed by atoms with Gasteiger partial charge in [-0.15, -0.1) is 0 Å². The number of aryl methyl sites for hydroxylation is 2. The van der Waals surface area contributed by atoms with Gasteiger partial charge in [-0.2, -0.15) is 5.10 Å². The Bertz CT molecular complexity index is 894. The zero-order valence-electron chi connectivity index (χ0n) is 14.9. The zero-order valence-corrected chi connectivity index (χ0v) is 14.9. The summed E-state index contributed by atoms with van der Waals surface area (Å²) in [4.78, 5) is 18.0. The van der Waals surface area contributed by atoms with E-state index in [1.165, 1.54) is 0 Å². The van der Waals surface area contributed by atoms with E-state index in [0.29, 0.717) is 18.3 Å². The summed E-state index contributed by atoms with van der Waals surface area (Å²) < 4.78 is 7.12. The fraction of sp³-hybridized carbons (Fsp3) is 0.389. The molecule has 0 fully saturated rings. The first-order chi connectivity index (χ1) is 12.7. The van der Waals surface area contributed by atoms with E-state index in [1.807, 2.05) is 29.8 Å². The molecule has 0 saturated carbocycles. The summed E-state index contributed by atoms with van der Waals surface area (Å²) in [6.07, 6.45) is 5.54. The maximum Gasteiger partial charge on any atom is 0.176 e. The van der Waals surface area contributed by atoms with Crippen LogP contribution < -0.4 is 5.32 Å². The molecule has 4 heterocycles. The molecular formula is C18H21N7O. The summed E-state index contributed by atoms with van der Waals surface area (Å²) in [6, 6.07) is 5.86. The van der Waals surface area contributed by atoms with Crippen LogP contribution in [0.25, 0.3) is 11.4 Å². The van der Waals surface area contributed by atoms with Gasteiger partial charge < -0.3 is 10.1 Å². The number of hydrogen-bond donors (Lipinski definition) is 1. The largest absolute Gasteiger partial charge is 0.377 e.